The topological polar surface area (TPSA) is 41.8 Å². The first-order valence-corrected chi connectivity index (χ1v) is 4.08. The van der Waals surface area contributed by atoms with E-state index in [1.165, 1.54) is 5.56 Å². The molecule has 0 bridgehead atoms. The first-order chi connectivity index (χ1) is 5.25. The highest BCUT2D eigenvalue weighted by Gasteiger charge is 2.13. The molecule has 1 aromatic heterocycles. The van der Waals surface area contributed by atoms with E-state index < -0.39 is 0 Å². The van der Waals surface area contributed by atoms with Crippen LogP contribution in [0.4, 0.5) is 0 Å². The maximum absolute atomic E-state index is 5.65. The van der Waals surface area contributed by atoms with Crippen molar-refractivity contribution >= 4 is 0 Å². The fourth-order valence-corrected chi connectivity index (χ4v) is 1.36. The number of H-pyrrole nitrogens is 1. The molecule has 1 atom stereocenters. The summed E-state index contributed by atoms with van der Waals surface area (Å²) in [7, 11) is 0. The van der Waals surface area contributed by atoms with Gasteiger partial charge in [-0.1, -0.05) is 13.8 Å². The average Bonchev–Trinajstić information content (AvgIpc) is 2.40. The van der Waals surface area contributed by atoms with Gasteiger partial charge in [0.05, 0.1) is 0 Å². The molecule has 0 radical (unpaired) electrons. The number of hydrogen-bond donors (Lipinski definition) is 2. The average molecular weight is 152 g/mol. The third-order valence-electron chi connectivity index (χ3n) is 2.11. The van der Waals surface area contributed by atoms with Gasteiger partial charge in [0.25, 0.3) is 0 Å². The van der Waals surface area contributed by atoms with E-state index in [1.54, 1.807) is 0 Å². The standard InChI is InChI=1S/C9H16N2/c1-7(2)9(5-10)8-3-4-11-6-8/h3-4,6-7,9,11H,5,10H2,1-2H3. The lowest BCUT2D eigenvalue weighted by Crippen LogP contribution is -2.17. The van der Waals surface area contributed by atoms with E-state index in [0.29, 0.717) is 11.8 Å². The number of nitrogens with two attached hydrogens (primary N) is 1. The van der Waals surface area contributed by atoms with Crippen molar-refractivity contribution in [3.05, 3.63) is 24.0 Å². The van der Waals surface area contributed by atoms with Crippen LogP contribution >= 0.6 is 0 Å². The van der Waals surface area contributed by atoms with Gasteiger partial charge in [0, 0.05) is 12.4 Å². The van der Waals surface area contributed by atoms with E-state index in [9.17, 15) is 0 Å². The van der Waals surface area contributed by atoms with E-state index in [2.05, 4.69) is 24.9 Å². The molecule has 11 heavy (non-hydrogen) atoms. The maximum Gasteiger partial charge on any atom is 0.00407 e. The third kappa shape index (κ3) is 1.84. The lowest BCUT2D eigenvalue weighted by molar-refractivity contribution is 0.507. The molecule has 0 aliphatic heterocycles. The lowest BCUT2D eigenvalue weighted by atomic mass is 9.90. The number of aromatic nitrogens is 1. The summed E-state index contributed by atoms with van der Waals surface area (Å²) in [5.41, 5.74) is 6.97. The minimum Gasteiger partial charge on any atom is -0.367 e. The summed E-state index contributed by atoms with van der Waals surface area (Å²) in [6.07, 6.45) is 3.97. The summed E-state index contributed by atoms with van der Waals surface area (Å²) >= 11 is 0. The largest absolute Gasteiger partial charge is 0.367 e. The van der Waals surface area contributed by atoms with Gasteiger partial charge >= 0.3 is 0 Å². The van der Waals surface area contributed by atoms with Crippen LogP contribution in [0.1, 0.15) is 25.3 Å². The number of rotatable bonds is 3. The van der Waals surface area contributed by atoms with Gasteiger partial charge in [-0.3, -0.25) is 0 Å². The molecule has 2 nitrogen and oxygen atoms in total. The molecule has 0 aliphatic carbocycles. The van der Waals surface area contributed by atoms with Crippen LogP contribution in [0, 0.1) is 5.92 Å². The van der Waals surface area contributed by atoms with Gasteiger partial charge in [-0.25, -0.2) is 0 Å². The number of aromatic amines is 1. The molecule has 1 unspecified atom stereocenters. The van der Waals surface area contributed by atoms with E-state index in [0.717, 1.165) is 6.54 Å². The van der Waals surface area contributed by atoms with Gasteiger partial charge < -0.3 is 10.7 Å². The molecule has 0 saturated carbocycles. The second kappa shape index (κ2) is 3.58. The molecule has 3 N–H and O–H groups in total. The highest BCUT2D eigenvalue weighted by molar-refractivity contribution is 5.15. The Morgan fingerprint density at radius 3 is 2.64 bits per heavy atom. The van der Waals surface area contributed by atoms with Crippen molar-refractivity contribution in [2.24, 2.45) is 11.7 Å². The normalized spacial score (nSPS) is 13.8. The van der Waals surface area contributed by atoms with Crippen molar-refractivity contribution in [2.45, 2.75) is 19.8 Å². The minimum absolute atomic E-state index is 0.501. The molecular formula is C9H16N2. The molecule has 1 heterocycles. The summed E-state index contributed by atoms with van der Waals surface area (Å²) in [5, 5.41) is 0. The molecule has 0 saturated heterocycles. The number of nitrogens with one attached hydrogen (secondary N) is 1. The van der Waals surface area contributed by atoms with Crippen LogP contribution < -0.4 is 5.73 Å². The highest BCUT2D eigenvalue weighted by atomic mass is 14.6. The van der Waals surface area contributed by atoms with Gasteiger partial charge in [0.15, 0.2) is 0 Å². The van der Waals surface area contributed by atoms with Gasteiger partial charge in [-0.05, 0) is 30.0 Å². The first kappa shape index (κ1) is 8.34. The molecule has 0 amide bonds. The third-order valence-corrected chi connectivity index (χ3v) is 2.11. The molecule has 1 aromatic rings. The summed E-state index contributed by atoms with van der Waals surface area (Å²) < 4.78 is 0. The Bertz CT molecular complexity index is 189. The first-order valence-electron chi connectivity index (χ1n) is 4.08. The van der Waals surface area contributed by atoms with E-state index >= 15 is 0 Å². The summed E-state index contributed by atoms with van der Waals surface area (Å²) in [5.74, 6) is 1.12. The summed E-state index contributed by atoms with van der Waals surface area (Å²) in [6.45, 7) is 5.13. The predicted molar refractivity (Wildman–Crippen MR) is 47.4 cm³/mol. The van der Waals surface area contributed by atoms with Crippen LogP contribution in [0.2, 0.25) is 0 Å². The molecule has 1 rings (SSSR count). The van der Waals surface area contributed by atoms with Crippen molar-refractivity contribution in [1.82, 2.24) is 4.98 Å². The lowest BCUT2D eigenvalue weighted by Gasteiger charge is -2.16. The second-order valence-corrected chi connectivity index (χ2v) is 3.23. The van der Waals surface area contributed by atoms with Gasteiger partial charge in [0.2, 0.25) is 0 Å². The molecule has 62 valence electrons. The maximum atomic E-state index is 5.65. The van der Waals surface area contributed by atoms with Gasteiger partial charge in [0.1, 0.15) is 0 Å². The summed E-state index contributed by atoms with van der Waals surface area (Å²) in [4.78, 5) is 3.04. The van der Waals surface area contributed by atoms with Crippen molar-refractivity contribution in [3.8, 4) is 0 Å². The predicted octanol–water partition coefficient (Wildman–Crippen LogP) is 1.71. The van der Waals surface area contributed by atoms with E-state index in [-0.39, 0.29) is 0 Å². The van der Waals surface area contributed by atoms with Gasteiger partial charge in [-0.15, -0.1) is 0 Å². The monoisotopic (exact) mass is 152 g/mol. The Morgan fingerprint density at radius 1 is 1.55 bits per heavy atom. The van der Waals surface area contributed by atoms with Crippen LogP contribution in [-0.4, -0.2) is 11.5 Å². The van der Waals surface area contributed by atoms with E-state index in [1.807, 2.05) is 12.4 Å². The Labute approximate surface area is 67.8 Å². The van der Waals surface area contributed by atoms with Crippen LogP contribution in [-0.2, 0) is 0 Å². The van der Waals surface area contributed by atoms with Crippen LogP contribution in [0.5, 0.6) is 0 Å². The Morgan fingerprint density at radius 2 is 2.27 bits per heavy atom. The van der Waals surface area contributed by atoms with Crippen molar-refractivity contribution < 1.29 is 0 Å². The quantitative estimate of drug-likeness (QED) is 0.680. The second-order valence-electron chi connectivity index (χ2n) is 3.23. The Kier molecular flexibility index (Phi) is 2.71. The van der Waals surface area contributed by atoms with Gasteiger partial charge in [-0.2, -0.15) is 0 Å². The van der Waals surface area contributed by atoms with Crippen LogP contribution in [0.3, 0.4) is 0 Å². The fraction of sp³-hybridized carbons (Fsp3) is 0.556. The smallest absolute Gasteiger partial charge is 0.00407 e. The summed E-state index contributed by atoms with van der Waals surface area (Å²) in [6, 6.07) is 2.09. The minimum atomic E-state index is 0.501. The zero-order chi connectivity index (χ0) is 8.27. The molecule has 0 spiro atoms. The van der Waals surface area contributed by atoms with Crippen molar-refractivity contribution in [3.63, 3.8) is 0 Å². The SMILES string of the molecule is CC(C)C(CN)c1cc[nH]c1. The van der Waals surface area contributed by atoms with E-state index in [4.69, 9.17) is 5.73 Å². The fourth-order valence-electron chi connectivity index (χ4n) is 1.36. The zero-order valence-electron chi connectivity index (χ0n) is 7.17. The Balaban J connectivity index is 2.71. The van der Waals surface area contributed by atoms with Crippen LogP contribution in [0.25, 0.3) is 0 Å². The molecular weight excluding hydrogens is 136 g/mol. The van der Waals surface area contributed by atoms with Crippen molar-refractivity contribution in [1.29, 1.82) is 0 Å². The molecule has 0 aromatic carbocycles. The highest BCUT2D eigenvalue weighted by Crippen LogP contribution is 2.21. The molecule has 0 aliphatic rings. The molecule has 2 heteroatoms. The number of hydrogen-bond acceptors (Lipinski definition) is 1. The Hall–Kier alpha value is -0.760. The molecule has 0 fully saturated rings. The van der Waals surface area contributed by atoms with Crippen molar-refractivity contribution in [2.75, 3.05) is 6.54 Å². The zero-order valence-corrected chi connectivity index (χ0v) is 7.17. The van der Waals surface area contributed by atoms with Crippen LogP contribution in [0.15, 0.2) is 18.5 Å².